The average molecular weight is 268 g/mol. The molecule has 1 saturated heterocycles. The van der Waals surface area contributed by atoms with Gasteiger partial charge in [0.05, 0.1) is 5.54 Å². The van der Waals surface area contributed by atoms with Gasteiger partial charge in [0.25, 0.3) is 0 Å². The van der Waals surface area contributed by atoms with E-state index in [1.807, 2.05) is 6.92 Å². The summed E-state index contributed by atoms with van der Waals surface area (Å²) in [5.41, 5.74) is 5.20. The number of hydrogen-bond donors (Lipinski definition) is 2. The van der Waals surface area contributed by atoms with Crippen molar-refractivity contribution in [2.75, 3.05) is 39.8 Å². The number of carbonyl (C=O) groups is 1. The number of nitrogens with zero attached hydrogens (tertiary/aromatic N) is 2. The van der Waals surface area contributed by atoms with Gasteiger partial charge in [-0.05, 0) is 39.3 Å². The lowest BCUT2D eigenvalue weighted by Crippen LogP contribution is -2.61. The van der Waals surface area contributed by atoms with Crippen LogP contribution in [0.2, 0.25) is 0 Å². The molecule has 1 amide bonds. The van der Waals surface area contributed by atoms with Gasteiger partial charge in [0.2, 0.25) is 5.91 Å². The lowest BCUT2D eigenvalue weighted by Gasteiger charge is -2.45. The van der Waals surface area contributed by atoms with Crippen LogP contribution in [0.15, 0.2) is 0 Å². The summed E-state index contributed by atoms with van der Waals surface area (Å²) in [4.78, 5) is 16.8. The van der Waals surface area contributed by atoms with E-state index in [1.165, 1.54) is 6.42 Å². The molecule has 1 aliphatic carbocycles. The summed E-state index contributed by atoms with van der Waals surface area (Å²) in [6.07, 6.45) is 4.05. The van der Waals surface area contributed by atoms with E-state index in [-0.39, 0.29) is 5.91 Å². The maximum Gasteiger partial charge on any atom is 0.237 e. The van der Waals surface area contributed by atoms with Crippen LogP contribution in [-0.2, 0) is 4.79 Å². The quantitative estimate of drug-likeness (QED) is 0.754. The molecule has 0 radical (unpaired) electrons. The van der Waals surface area contributed by atoms with Crippen LogP contribution in [0.3, 0.4) is 0 Å². The van der Waals surface area contributed by atoms with E-state index in [0.29, 0.717) is 6.04 Å². The maximum atomic E-state index is 11.9. The summed E-state index contributed by atoms with van der Waals surface area (Å²) in [6, 6.07) is 0.508. The van der Waals surface area contributed by atoms with Crippen LogP contribution in [-0.4, -0.2) is 67.1 Å². The van der Waals surface area contributed by atoms with Crippen LogP contribution in [0, 0.1) is 0 Å². The highest BCUT2D eigenvalue weighted by molar-refractivity contribution is 5.84. The Morgan fingerprint density at radius 3 is 2.63 bits per heavy atom. The van der Waals surface area contributed by atoms with Gasteiger partial charge in [-0.3, -0.25) is 9.69 Å². The number of hydrogen-bond acceptors (Lipinski definition) is 4. The number of likely N-dealkylation sites (N-methyl/N-ethyl adjacent to an activating group) is 2. The van der Waals surface area contributed by atoms with E-state index in [4.69, 9.17) is 5.73 Å². The van der Waals surface area contributed by atoms with Crippen LogP contribution in [0.4, 0.5) is 0 Å². The summed E-state index contributed by atoms with van der Waals surface area (Å²) in [5, 5.41) is 3.36. The van der Waals surface area contributed by atoms with Crippen LogP contribution in [0.1, 0.15) is 32.6 Å². The van der Waals surface area contributed by atoms with Crippen LogP contribution in [0.25, 0.3) is 0 Å². The van der Waals surface area contributed by atoms with Crippen molar-refractivity contribution in [3.63, 3.8) is 0 Å². The summed E-state index contributed by atoms with van der Waals surface area (Å²) >= 11 is 0. The first-order chi connectivity index (χ1) is 9.07. The van der Waals surface area contributed by atoms with E-state index in [9.17, 15) is 4.79 Å². The lowest BCUT2D eigenvalue weighted by atomic mass is 9.77. The molecule has 5 heteroatoms. The Bertz CT molecular complexity index is 311. The lowest BCUT2D eigenvalue weighted by molar-refractivity contribution is -0.126. The molecule has 0 aromatic carbocycles. The second-order valence-electron chi connectivity index (χ2n) is 6.07. The first-order valence-corrected chi connectivity index (χ1v) is 7.55. The number of primary amides is 1. The minimum Gasteiger partial charge on any atom is -0.368 e. The van der Waals surface area contributed by atoms with Gasteiger partial charge in [0.1, 0.15) is 0 Å². The first-order valence-electron chi connectivity index (χ1n) is 7.55. The van der Waals surface area contributed by atoms with Crippen molar-refractivity contribution in [1.29, 1.82) is 0 Å². The Morgan fingerprint density at radius 2 is 2.05 bits per heavy atom. The third-order valence-corrected chi connectivity index (χ3v) is 4.77. The highest BCUT2D eigenvalue weighted by Crippen LogP contribution is 2.31. The van der Waals surface area contributed by atoms with Gasteiger partial charge in [-0.15, -0.1) is 0 Å². The van der Waals surface area contributed by atoms with Crippen molar-refractivity contribution in [3.8, 4) is 0 Å². The predicted octanol–water partition coefficient (Wildman–Crippen LogP) is 0.0100. The smallest absolute Gasteiger partial charge is 0.237 e. The zero-order chi connectivity index (χ0) is 13.9. The standard InChI is InChI=1S/C14H28N4O/c1-3-16-14(13(15)19)6-4-5-12(11-14)18-9-7-17(2)8-10-18/h12,16H,3-11H2,1-2H3,(H2,15,19). The topological polar surface area (TPSA) is 61.6 Å². The molecule has 0 spiro atoms. The van der Waals surface area contributed by atoms with E-state index < -0.39 is 5.54 Å². The molecule has 0 bridgehead atoms. The molecule has 0 aromatic rings. The fourth-order valence-corrected chi connectivity index (χ4v) is 3.55. The number of amides is 1. The van der Waals surface area contributed by atoms with Gasteiger partial charge < -0.3 is 16.0 Å². The Kier molecular flexibility index (Phi) is 4.81. The normalized spacial score (nSPS) is 34.3. The van der Waals surface area contributed by atoms with Crippen LogP contribution >= 0.6 is 0 Å². The third kappa shape index (κ3) is 3.27. The molecular formula is C14H28N4O. The fourth-order valence-electron chi connectivity index (χ4n) is 3.55. The molecule has 1 heterocycles. The SMILES string of the molecule is CCNC1(C(N)=O)CCCC(N2CCN(C)CC2)C1. The van der Waals surface area contributed by atoms with Crippen molar-refractivity contribution in [2.45, 2.75) is 44.2 Å². The zero-order valence-corrected chi connectivity index (χ0v) is 12.3. The van der Waals surface area contributed by atoms with Crippen LogP contribution < -0.4 is 11.1 Å². The minimum atomic E-state index is -0.471. The van der Waals surface area contributed by atoms with E-state index in [1.54, 1.807) is 0 Å². The summed E-state index contributed by atoms with van der Waals surface area (Å²) in [7, 11) is 2.17. The first kappa shape index (κ1) is 14.8. The zero-order valence-electron chi connectivity index (χ0n) is 12.3. The van der Waals surface area contributed by atoms with Crippen molar-refractivity contribution in [3.05, 3.63) is 0 Å². The minimum absolute atomic E-state index is 0.173. The second kappa shape index (κ2) is 6.20. The number of rotatable bonds is 4. The molecule has 2 unspecified atom stereocenters. The van der Waals surface area contributed by atoms with Gasteiger partial charge in [0, 0.05) is 32.2 Å². The largest absolute Gasteiger partial charge is 0.368 e. The molecular weight excluding hydrogens is 240 g/mol. The number of nitrogens with two attached hydrogens (primary N) is 1. The summed E-state index contributed by atoms with van der Waals surface area (Å²) in [5.74, 6) is -0.173. The molecule has 5 nitrogen and oxygen atoms in total. The van der Waals surface area contributed by atoms with Crippen molar-refractivity contribution < 1.29 is 4.79 Å². The molecule has 3 N–H and O–H groups in total. The Balaban J connectivity index is 2.01. The monoisotopic (exact) mass is 268 g/mol. The number of nitrogens with one attached hydrogen (secondary N) is 1. The number of carbonyl (C=O) groups excluding carboxylic acids is 1. The molecule has 110 valence electrons. The molecule has 2 rings (SSSR count). The molecule has 19 heavy (non-hydrogen) atoms. The van der Waals surface area contributed by atoms with Crippen LogP contribution in [0.5, 0.6) is 0 Å². The molecule has 0 aromatic heterocycles. The Hall–Kier alpha value is -0.650. The molecule has 2 aliphatic rings. The number of piperazine rings is 1. The molecule has 1 saturated carbocycles. The molecule has 1 aliphatic heterocycles. The highest BCUT2D eigenvalue weighted by Gasteiger charge is 2.42. The van der Waals surface area contributed by atoms with Gasteiger partial charge >= 0.3 is 0 Å². The van der Waals surface area contributed by atoms with Gasteiger partial charge in [-0.25, -0.2) is 0 Å². The second-order valence-corrected chi connectivity index (χ2v) is 6.07. The summed E-state index contributed by atoms with van der Waals surface area (Å²) < 4.78 is 0. The highest BCUT2D eigenvalue weighted by atomic mass is 16.1. The Labute approximate surface area is 116 Å². The van der Waals surface area contributed by atoms with E-state index in [2.05, 4.69) is 22.2 Å². The molecule has 2 atom stereocenters. The maximum absolute atomic E-state index is 11.9. The van der Waals surface area contributed by atoms with Crippen molar-refractivity contribution >= 4 is 5.91 Å². The van der Waals surface area contributed by atoms with Gasteiger partial charge in [-0.2, -0.15) is 0 Å². The fraction of sp³-hybridized carbons (Fsp3) is 0.929. The molecule has 2 fully saturated rings. The van der Waals surface area contributed by atoms with E-state index in [0.717, 1.165) is 52.0 Å². The average Bonchev–Trinajstić information content (AvgIpc) is 2.40. The van der Waals surface area contributed by atoms with Crippen molar-refractivity contribution in [2.24, 2.45) is 5.73 Å². The third-order valence-electron chi connectivity index (χ3n) is 4.77. The predicted molar refractivity (Wildman–Crippen MR) is 76.9 cm³/mol. The van der Waals surface area contributed by atoms with E-state index >= 15 is 0 Å². The van der Waals surface area contributed by atoms with Gasteiger partial charge in [-0.1, -0.05) is 6.92 Å². The van der Waals surface area contributed by atoms with Gasteiger partial charge in [0.15, 0.2) is 0 Å². The Morgan fingerprint density at radius 1 is 1.37 bits per heavy atom. The summed E-state index contributed by atoms with van der Waals surface area (Å²) in [6.45, 7) is 7.33. The van der Waals surface area contributed by atoms with Crippen molar-refractivity contribution in [1.82, 2.24) is 15.1 Å².